The van der Waals surface area contributed by atoms with Crippen molar-refractivity contribution in [2.24, 2.45) is 0 Å². The summed E-state index contributed by atoms with van der Waals surface area (Å²) < 4.78 is 0.689. The van der Waals surface area contributed by atoms with Crippen molar-refractivity contribution < 1.29 is 4.79 Å². The van der Waals surface area contributed by atoms with E-state index in [1.54, 1.807) is 30.3 Å². The standard InChI is InChI=1S/C13H10BrClN2O2/c14-9-6-11(13(19)16-7-9)17-12(18)5-8-1-3-10(15)4-2-8/h1-4,6-7H,5H2,(H,16,19)(H,17,18). The van der Waals surface area contributed by atoms with E-state index in [-0.39, 0.29) is 23.6 Å². The molecule has 1 aromatic heterocycles. The Bertz CT molecular complexity index is 652. The second kappa shape index (κ2) is 6.04. The zero-order valence-corrected chi connectivity index (χ0v) is 12.1. The van der Waals surface area contributed by atoms with Gasteiger partial charge in [-0.15, -0.1) is 0 Å². The van der Waals surface area contributed by atoms with Crippen LogP contribution in [0.25, 0.3) is 0 Å². The first-order valence-corrected chi connectivity index (χ1v) is 6.64. The average Bonchev–Trinajstić information content (AvgIpc) is 2.37. The molecule has 0 aliphatic heterocycles. The van der Waals surface area contributed by atoms with E-state index in [0.29, 0.717) is 9.50 Å². The average molecular weight is 342 g/mol. The lowest BCUT2D eigenvalue weighted by atomic mass is 10.1. The van der Waals surface area contributed by atoms with Crippen LogP contribution in [-0.2, 0) is 11.2 Å². The third kappa shape index (κ3) is 3.94. The normalized spacial score (nSPS) is 10.2. The van der Waals surface area contributed by atoms with Crippen molar-refractivity contribution >= 4 is 39.1 Å². The smallest absolute Gasteiger partial charge is 0.271 e. The van der Waals surface area contributed by atoms with E-state index in [4.69, 9.17) is 11.6 Å². The number of H-pyrrole nitrogens is 1. The fourth-order valence-electron chi connectivity index (χ4n) is 1.53. The number of benzene rings is 1. The fourth-order valence-corrected chi connectivity index (χ4v) is 2.00. The molecule has 1 amide bonds. The molecule has 1 heterocycles. The molecule has 0 fully saturated rings. The van der Waals surface area contributed by atoms with Crippen LogP contribution in [0.3, 0.4) is 0 Å². The Kier molecular flexibility index (Phi) is 4.39. The summed E-state index contributed by atoms with van der Waals surface area (Å²) in [5.41, 5.74) is 0.703. The van der Waals surface area contributed by atoms with Crippen LogP contribution in [0.2, 0.25) is 5.02 Å². The van der Waals surface area contributed by atoms with Gasteiger partial charge in [-0.05, 0) is 39.7 Å². The highest BCUT2D eigenvalue weighted by Crippen LogP contribution is 2.12. The quantitative estimate of drug-likeness (QED) is 0.901. The third-order valence-corrected chi connectivity index (χ3v) is 3.13. The van der Waals surface area contributed by atoms with Gasteiger partial charge in [0.25, 0.3) is 5.56 Å². The molecule has 1 aromatic carbocycles. The molecule has 0 unspecified atom stereocenters. The largest absolute Gasteiger partial charge is 0.326 e. The lowest BCUT2D eigenvalue weighted by Gasteiger charge is -2.05. The maximum Gasteiger partial charge on any atom is 0.271 e. The summed E-state index contributed by atoms with van der Waals surface area (Å²) in [6.07, 6.45) is 1.69. The van der Waals surface area contributed by atoms with Crippen LogP contribution in [0.5, 0.6) is 0 Å². The van der Waals surface area contributed by atoms with Gasteiger partial charge in [0.2, 0.25) is 5.91 Å². The Hall–Kier alpha value is -1.59. The topological polar surface area (TPSA) is 62.0 Å². The number of hydrogen-bond acceptors (Lipinski definition) is 2. The number of amides is 1. The predicted octanol–water partition coefficient (Wildman–Crippen LogP) is 2.97. The summed E-state index contributed by atoms with van der Waals surface area (Å²) >= 11 is 8.99. The summed E-state index contributed by atoms with van der Waals surface area (Å²) in [6.45, 7) is 0. The van der Waals surface area contributed by atoms with Crippen LogP contribution in [0.15, 0.2) is 45.8 Å². The SMILES string of the molecule is O=C(Cc1ccc(Cl)cc1)Nc1cc(Br)c[nH]c1=O. The number of pyridine rings is 1. The van der Waals surface area contributed by atoms with Crippen molar-refractivity contribution in [2.45, 2.75) is 6.42 Å². The fraction of sp³-hybridized carbons (Fsp3) is 0.0769. The molecule has 0 saturated carbocycles. The van der Waals surface area contributed by atoms with Gasteiger partial charge < -0.3 is 10.3 Å². The summed E-state index contributed by atoms with van der Waals surface area (Å²) in [5, 5.41) is 3.19. The second-order valence-corrected chi connectivity index (χ2v) is 5.26. The number of aromatic nitrogens is 1. The molecular formula is C13H10BrClN2O2. The molecule has 6 heteroatoms. The van der Waals surface area contributed by atoms with Gasteiger partial charge in [0.15, 0.2) is 0 Å². The van der Waals surface area contributed by atoms with E-state index in [1.165, 1.54) is 6.20 Å². The van der Waals surface area contributed by atoms with Gasteiger partial charge >= 0.3 is 0 Å². The van der Waals surface area contributed by atoms with Crippen LogP contribution in [0.4, 0.5) is 5.69 Å². The van der Waals surface area contributed by atoms with E-state index >= 15 is 0 Å². The highest BCUT2D eigenvalue weighted by Gasteiger charge is 2.07. The number of anilines is 1. The van der Waals surface area contributed by atoms with Crippen molar-refractivity contribution in [1.29, 1.82) is 0 Å². The molecule has 0 saturated heterocycles. The second-order valence-electron chi connectivity index (χ2n) is 3.91. The van der Waals surface area contributed by atoms with E-state index in [2.05, 4.69) is 26.2 Å². The van der Waals surface area contributed by atoms with Crippen molar-refractivity contribution in [1.82, 2.24) is 4.98 Å². The van der Waals surface area contributed by atoms with Gasteiger partial charge in [-0.3, -0.25) is 9.59 Å². The first-order chi connectivity index (χ1) is 9.04. The van der Waals surface area contributed by atoms with E-state index in [1.807, 2.05) is 0 Å². The molecular weight excluding hydrogens is 332 g/mol. The molecule has 0 radical (unpaired) electrons. The highest BCUT2D eigenvalue weighted by molar-refractivity contribution is 9.10. The van der Waals surface area contributed by atoms with E-state index in [0.717, 1.165) is 5.56 Å². The van der Waals surface area contributed by atoms with Crippen molar-refractivity contribution in [3.8, 4) is 0 Å². The van der Waals surface area contributed by atoms with Crippen LogP contribution in [0, 0.1) is 0 Å². The van der Waals surface area contributed by atoms with Gasteiger partial charge in [0.05, 0.1) is 6.42 Å². The Balaban J connectivity index is 2.07. The van der Waals surface area contributed by atoms with Crippen molar-refractivity contribution in [3.05, 3.63) is 61.9 Å². The first-order valence-electron chi connectivity index (χ1n) is 5.47. The summed E-state index contributed by atoms with van der Waals surface area (Å²) in [7, 11) is 0. The third-order valence-electron chi connectivity index (χ3n) is 2.42. The monoisotopic (exact) mass is 340 g/mol. The number of aromatic amines is 1. The highest BCUT2D eigenvalue weighted by atomic mass is 79.9. The van der Waals surface area contributed by atoms with Crippen molar-refractivity contribution in [2.75, 3.05) is 5.32 Å². The van der Waals surface area contributed by atoms with E-state index < -0.39 is 0 Å². The molecule has 0 aliphatic carbocycles. The molecule has 2 N–H and O–H groups in total. The molecule has 0 spiro atoms. The molecule has 4 nitrogen and oxygen atoms in total. The molecule has 0 atom stereocenters. The number of hydrogen-bond donors (Lipinski definition) is 2. The van der Waals surface area contributed by atoms with Crippen LogP contribution < -0.4 is 10.9 Å². The Morgan fingerprint density at radius 2 is 2.00 bits per heavy atom. The maximum atomic E-state index is 11.8. The Labute approximate surface area is 122 Å². The minimum Gasteiger partial charge on any atom is -0.326 e. The van der Waals surface area contributed by atoms with Crippen molar-refractivity contribution in [3.63, 3.8) is 0 Å². The number of carbonyl (C=O) groups is 1. The summed E-state index contributed by atoms with van der Waals surface area (Å²) in [6, 6.07) is 8.53. The lowest BCUT2D eigenvalue weighted by molar-refractivity contribution is -0.115. The number of nitrogens with one attached hydrogen (secondary N) is 2. The molecule has 98 valence electrons. The van der Waals surface area contributed by atoms with Gasteiger partial charge in [0.1, 0.15) is 5.69 Å². The molecule has 19 heavy (non-hydrogen) atoms. The van der Waals surface area contributed by atoms with Crippen LogP contribution in [-0.4, -0.2) is 10.9 Å². The minimum atomic E-state index is -0.340. The minimum absolute atomic E-state index is 0.184. The summed E-state index contributed by atoms with van der Waals surface area (Å²) in [5.74, 6) is -0.258. The zero-order chi connectivity index (χ0) is 13.8. The van der Waals surface area contributed by atoms with Gasteiger partial charge in [-0.2, -0.15) is 0 Å². The number of halogens is 2. The molecule has 2 rings (SSSR count). The molecule has 0 bridgehead atoms. The molecule has 0 aliphatic rings. The zero-order valence-electron chi connectivity index (χ0n) is 9.74. The first kappa shape index (κ1) is 13.8. The van der Waals surface area contributed by atoms with Gasteiger partial charge in [0, 0.05) is 15.7 Å². The van der Waals surface area contributed by atoms with Crippen LogP contribution >= 0.6 is 27.5 Å². The van der Waals surface area contributed by atoms with E-state index in [9.17, 15) is 9.59 Å². The lowest BCUT2D eigenvalue weighted by Crippen LogP contribution is -2.20. The predicted molar refractivity (Wildman–Crippen MR) is 78.5 cm³/mol. The number of rotatable bonds is 3. The van der Waals surface area contributed by atoms with Gasteiger partial charge in [-0.25, -0.2) is 0 Å². The maximum absolute atomic E-state index is 11.8. The number of carbonyl (C=O) groups excluding carboxylic acids is 1. The summed E-state index contributed by atoms with van der Waals surface area (Å²) in [4.78, 5) is 25.8. The Morgan fingerprint density at radius 3 is 2.68 bits per heavy atom. The Morgan fingerprint density at radius 1 is 1.32 bits per heavy atom. The van der Waals surface area contributed by atoms with Gasteiger partial charge in [-0.1, -0.05) is 23.7 Å². The van der Waals surface area contributed by atoms with Crippen LogP contribution in [0.1, 0.15) is 5.56 Å². The molecule has 2 aromatic rings.